The lowest BCUT2D eigenvalue weighted by Crippen LogP contribution is -2.21. The molecule has 11 heavy (non-hydrogen) atoms. The predicted molar refractivity (Wildman–Crippen MR) is 46.9 cm³/mol. The van der Waals surface area contributed by atoms with Crippen LogP contribution in [0.5, 0.6) is 0 Å². The number of hydrogen-bond acceptors (Lipinski definition) is 1. The van der Waals surface area contributed by atoms with E-state index in [4.69, 9.17) is 5.73 Å². The number of primary amides is 1. The number of rotatable bonds is 4. The normalized spacial score (nSPS) is 12.6. The maximum Gasteiger partial charge on any atom is 0.244 e. The summed E-state index contributed by atoms with van der Waals surface area (Å²) in [6.07, 6.45) is 1.71. The van der Waals surface area contributed by atoms with Crippen molar-refractivity contribution in [2.24, 2.45) is 17.6 Å². The molecule has 0 aliphatic heterocycles. The van der Waals surface area contributed by atoms with Crippen molar-refractivity contribution in [3.63, 3.8) is 0 Å². The summed E-state index contributed by atoms with van der Waals surface area (Å²) in [4.78, 5) is 10.7. The first-order valence-corrected chi connectivity index (χ1v) is 3.61. The minimum Gasteiger partial charge on any atom is -0.366 e. The third-order valence-corrected chi connectivity index (χ3v) is 1.69. The number of nitrogens with two attached hydrogens (primary N) is 1. The van der Waals surface area contributed by atoms with E-state index in [1.54, 1.807) is 6.08 Å². The van der Waals surface area contributed by atoms with Gasteiger partial charge in [0.15, 0.2) is 0 Å². The molecule has 2 N–H and O–H groups in total. The minimum atomic E-state index is -0.441. The van der Waals surface area contributed by atoms with E-state index in [2.05, 4.69) is 13.2 Å². The lowest BCUT2D eigenvalue weighted by molar-refractivity contribution is -0.115. The molecule has 0 rings (SSSR count). The van der Waals surface area contributed by atoms with Gasteiger partial charge >= 0.3 is 0 Å². The van der Waals surface area contributed by atoms with Gasteiger partial charge in [-0.1, -0.05) is 26.5 Å². The van der Waals surface area contributed by atoms with Crippen LogP contribution in [0, 0.1) is 11.8 Å². The topological polar surface area (TPSA) is 43.1 Å². The SMILES string of the molecule is C=CC(C(=C)C(N)=O)C(C)C. The van der Waals surface area contributed by atoms with Crippen molar-refractivity contribution in [2.75, 3.05) is 0 Å². The molecule has 0 aliphatic rings. The largest absolute Gasteiger partial charge is 0.366 e. The molecular formula is C9H15NO. The summed E-state index contributed by atoms with van der Waals surface area (Å²) in [5.74, 6) is -0.108. The van der Waals surface area contributed by atoms with Gasteiger partial charge in [0.1, 0.15) is 0 Å². The zero-order valence-electron chi connectivity index (χ0n) is 7.13. The second-order valence-electron chi connectivity index (χ2n) is 2.89. The Hall–Kier alpha value is -1.05. The van der Waals surface area contributed by atoms with Gasteiger partial charge in [-0.15, -0.1) is 6.58 Å². The van der Waals surface area contributed by atoms with E-state index in [9.17, 15) is 4.79 Å². The Morgan fingerprint density at radius 3 is 2.09 bits per heavy atom. The van der Waals surface area contributed by atoms with E-state index >= 15 is 0 Å². The van der Waals surface area contributed by atoms with Gasteiger partial charge < -0.3 is 5.73 Å². The molecule has 0 fully saturated rings. The molecule has 0 heterocycles. The van der Waals surface area contributed by atoms with Crippen molar-refractivity contribution in [1.29, 1.82) is 0 Å². The molecule has 2 nitrogen and oxygen atoms in total. The quantitative estimate of drug-likeness (QED) is 0.482. The monoisotopic (exact) mass is 153 g/mol. The van der Waals surface area contributed by atoms with Crippen molar-refractivity contribution >= 4 is 5.91 Å². The molecule has 0 saturated heterocycles. The van der Waals surface area contributed by atoms with Crippen molar-refractivity contribution < 1.29 is 4.79 Å². The second kappa shape index (κ2) is 3.96. The van der Waals surface area contributed by atoms with E-state index in [1.165, 1.54) is 0 Å². The Kier molecular flexibility index (Phi) is 3.58. The highest BCUT2D eigenvalue weighted by atomic mass is 16.1. The predicted octanol–water partition coefficient (Wildman–Crippen LogP) is 1.49. The third kappa shape index (κ3) is 2.58. The van der Waals surface area contributed by atoms with Gasteiger partial charge in [0.05, 0.1) is 0 Å². The number of hydrogen-bond donors (Lipinski definition) is 1. The first-order valence-electron chi connectivity index (χ1n) is 3.61. The first kappa shape index (κ1) is 9.95. The Morgan fingerprint density at radius 2 is 2.00 bits per heavy atom. The van der Waals surface area contributed by atoms with E-state index < -0.39 is 5.91 Å². The Balaban J connectivity index is 4.39. The number of amides is 1. The van der Waals surface area contributed by atoms with Crippen molar-refractivity contribution in [3.8, 4) is 0 Å². The molecule has 2 heteroatoms. The molecule has 0 radical (unpaired) electrons. The fourth-order valence-corrected chi connectivity index (χ4v) is 0.981. The fourth-order valence-electron chi connectivity index (χ4n) is 0.981. The smallest absolute Gasteiger partial charge is 0.244 e. The van der Waals surface area contributed by atoms with Crippen molar-refractivity contribution in [2.45, 2.75) is 13.8 Å². The van der Waals surface area contributed by atoms with E-state index in [-0.39, 0.29) is 5.92 Å². The zero-order valence-corrected chi connectivity index (χ0v) is 7.13. The van der Waals surface area contributed by atoms with E-state index in [0.717, 1.165) is 0 Å². The van der Waals surface area contributed by atoms with Gasteiger partial charge in [0, 0.05) is 11.5 Å². The number of carbonyl (C=O) groups is 1. The van der Waals surface area contributed by atoms with Crippen LogP contribution >= 0.6 is 0 Å². The third-order valence-electron chi connectivity index (χ3n) is 1.69. The van der Waals surface area contributed by atoms with Gasteiger partial charge in [0.2, 0.25) is 5.91 Å². The Labute approximate surface area is 67.8 Å². The molecule has 0 bridgehead atoms. The molecular weight excluding hydrogens is 138 g/mol. The molecule has 0 spiro atoms. The molecule has 0 aromatic rings. The maximum absolute atomic E-state index is 10.7. The van der Waals surface area contributed by atoms with Crippen LogP contribution in [-0.2, 0) is 4.79 Å². The number of carbonyl (C=O) groups excluding carboxylic acids is 1. The minimum absolute atomic E-state index is 0.00694. The van der Waals surface area contributed by atoms with Gasteiger partial charge in [-0.2, -0.15) is 0 Å². The molecule has 1 atom stereocenters. The molecule has 1 unspecified atom stereocenters. The van der Waals surface area contributed by atoms with Crippen LogP contribution in [0.15, 0.2) is 24.8 Å². The first-order chi connectivity index (χ1) is 5.00. The lowest BCUT2D eigenvalue weighted by Gasteiger charge is -2.16. The summed E-state index contributed by atoms with van der Waals surface area (Å²) in [6, 6.07) is 0. The highest BCUT2D eigenvalue weighted by Crippen LogP contribution is 2.19. The lowest BCUT2D eigenvalue weighted by atomic mass is 9.89. The summed E-state index contributed by atoms with van der Waals surface area (Å²) < 4.78 is 0. The summed E-state index contributed by atoms with van der Waals surface area (Å²) in [5, 5.41) is 0. The summed E-state index contributed by atoms with van der Waals surface area (Å²) >= 11 is 0. The molecule has 0 saturated carbocycles. The van der Waals surface area contributed by atoms with E-state index in [1.807, 2.05) is 13.8 Å². The van der Waals surface area contributed by atoms with Gasteiger partial charge in [-0.05, 0) is 5.92 Å². The Morgan fingerprint density at radius 1 is 1.55 bits per heavy atom. The molecule has 1 amide bonds. The average molecular weight is 153 g/mol. The highest BCUT2D eigenvalue weighted by molar-refractivity contribution is 5.92. The average Bonchev–Trinajstić information content (AvgIpc) is 1.88. The summed E-state index contributed by atoms with van der Waals surface area (Å²) in [5.41, 5.74) is 5.50. The van der Waals surface area contributed by atoms with Gasteiger partial charge in [0.25, 0.3) is 0 Å². The molecule has 62 valence electrons. The summed E-state index contributed by atoms with van der Waals surface area (Å²) in [6.45, 7) is 11.2. The second-order valence-corrected chi connectivity index (χ2v) is 2.89. The van der Waals surface area contributed by atoms with Crippen LogP contribution in [-0.4, -0.2) is 5.91 Å². The fraction of sp³-hybridized carbons (Fsp3) is 0.444. The van der Waals surface area contributed by atoms with Crippen LogP contribution in [0.1, 0.15) is 13.8 Å². The molecule has 0 aromatic heterocycles. The van der Waals surface area contributed by atoms with Crippen LogP contribution < -0.4 is 5.73 Å². The highest BCUT2D eigenvalue weighted by Gasteiger charge is 2.16. The summed E-state index contributed by atoms with van der Waals surface area (Å²) in [7, 11) is 0. The van der Waals surface area contributed by atoms with Crippen molar-refractivity contribution in [3.05, 3.63) is 24.8 Å². The van der Waals surface area contributed by atoms with Gasteiger partial charge in [-0.25, -0.2) is 0 Å². The molecule has 0 aliphatic carbocycles. The van der Waals surface area contributed by atoms with Gasteiger partial charge in [-0.3, -0.25) is 4.79 Å². The zero-order chi connectivity index (χ0) is 9.02. The number of allylic oxidation sites excluding steroid dienone is 1. The van der Waals surface area contributed by atoms with Crippen LogP contribution in [0.4, 0.5) is 0 Å². The van der Waals surface area contributed by atoms with Crippen LogP contribution in [0.3, 0.4) is 0 Å². The molecule has 0 aromatic carbocycles. The van der Waals surface area contributed by atoms with Crippen LogP contribution in [0.2, 0.25) is 0 Å². The van der Waals surface area contributed by atoms with Crippen molar-refractivity contribution in [1.82, 2.24) is 0 Å². The standard InChI is InChI=1S/C9H15NO/c1-5-8(6(2)3)7(4)9(10)11/h5-6,8H,1,4H2,2-3H3,(H2,10,11). The van der Waals surface area contributed by atoms with Crippen LogP contribution in [0.25, 0.3) is 0 Å². The van der Waals surface area contributed by atoms with E-state index in [0.29, 0.717) is 11.5 Å². The maximum atomic E-state index is 10.7. The Bertz CT molecular complexity index is 182.